The Balaban J connectivity index is 1.94. The molecule has 6 heteroatoms. The molecule has 0 atom stereocenters. The molecule has 0 bridgehead atoms. The first-order valence-electron chi connectivity index (χ1n) is 5.83. The van der Waals surface area contributed by atoms with Gasteiger partial charge in [-0.3, -0.25) is 14.7 Å². The lowest BCUT2D eigenvalue weighted by atomic mass is 10.2. The minimum absolute atomic E-state index is 0.00565. The maximum Gasteiger partial charge on any atom is 0.272 e. The second-order valence-electron chi connectivity index (χ2n) is 4.02. The fourth-order valence-corrected chi connectivity index (χ4v) is 2.01. The van der Waals surface area contributed by atoms with Crippen LogP contribution in [0.15, 0.2) is 0 Å². The van der Waals surface area contributed by atoms with E-state index in [0.717, 1.165) is 30.5 Å². The van der Waals surface area contributed by atoms with Gasteiger partial charge >= 0.3 is 0 Å². The quantitative estimate of drug-likeness (QED) is 0.674. The monoisotopic (exact) mass is 236 g/mol. The minimum atomic E-state index is -0.282. The van der Waals surface area contributed by atoms with E-state index in [0.29, 0.717) is 12.2 Å². The zero-order valence-electron chi connectivity index (χ0n) is 9.80. The molecule has 92 valence electrons. The molecule has 0 unspecified atom stereocenters. The summed E-state index contributed by atoms with van der Waals surface area (Å²) in [7, 11) is 0. The average Bonchev–Trinajstić information content (AvgIpc) is 2.87. The van der Waals surface area contributed by atoms with Gasteiger partial charge in [0.15, 0.2) is 5.69 Å². The van der Waals surface area contributed by atoms with E-state index in [2.05, 4.69) is 20.8 Å². The number of carbonyl (C=O) groups is 2. The van der Waals surface area contributed by atoms with E-state index in [1.165, 1.54) is 0 Å². The van der Waals surface area contributed by atoms with Gasteiger partial charge in [0.05, 0.1) is 6.54 Å². The highest BCUT2D eigenvalue weighted by atomic mass is 16.2. The van der Waals surface area contributed by atoms with E-state index in [9.17, 15) is 9.59 Å². The van der Waals surface area contributed by atoms with Gasteiger partial charge in [-0.25, -0.2) is 0 Å². The second-order valence-corrected chi connectivity index (χ2v) is 4.02. The van der Waals surface area contributed by atoms with E-state index >= 15 is 0 Å². The first-order chi connectivity index (χ1) is 8.22. The van der Waals surface area contributed by atoms with Crippen molar-refractivity contribution in [2.24, 2.45) is 0 Å². The van der Waals surface area contributed by atoms with Gasteiger partial charge in [0.2, 0.25) is 5.91 Å². The summed E-state index contributed by atoms with van der Waals surface area (Å²) < 4.78 is 0. The Labute approximate surface area is 99.2 Å². The summed E-state index contributed by atoms with van der Waals surface area (Å²) in [5, 5.41) is 12.0. The number of H-pyrrole nitrogens is 1. The Bertz CT molecular complexity index is 439. The molecule has 1 aromatic heterocycles. The van der Waals surface area contributed by atoms with Crippen LogP contribution in [0, 0.1) is 0 Å². The molecule has 1 aliphatic carbocycles. The van der Waals surface area contributed by atoms with E-state index in [1.54, 1.807) is 0 Å². The van der Waals surface area contributed by atoms with Crippen molar-refractivity contribution in [3.8, 4) is 0 Å². The molecule has 2 amide bonds. The Morgan fingerprint density at radius 1 is 1.35 bits per heavy atom. The van der Waals surface area contributed by atoms with Crippen LogP contribution in [0.25, 0.3) is 0 Å². The van der Waals surface area contributed by atoms with Crippen LogP contribution in [0.2, 0.25) is 0 Å². The van der Waals surface area contributed by atoms with Crippen LogP contribution in [0.5, 0.6) is 0 Å². The third-order valence-electron chi connectivity index (χ3n) is 2.80. The lowest BCUT2D eigenvalue weighted by Crippen LogP contribution is -2.37. The molecule has 0 aliphatic heterocycles. The van der Waals surface area contributed by atoms with Gasteiger partial charge < -0.3 is 10.6 Å². The van der Waals surface area contributed by atoms with Gasteiger partial charge in [0.1, 0.15) is 0 Å². The first kappa shape index (κ1) is 11.6. The Kier molecular flexibility index (Phi) is 3.41. The Morgan fingerprint density at radius 2 is 2.18 bits per heavy atom. The highest BCUT2D eigenvalue weighted by Crippen LogP contribution is 2.22. The van der Waals surface area contributed by atoms with Gasteiger partial charge in [-0.05, 0) is 26.2 Å². The Morgan fingerprint density at radius 3 is 2.94 bits per heavy atom. The number of rotatable bonds is 4. The number of aryl methyl sites for hydroxylation is 1. The highest BCUT2D eigenvalue weighted by Gasteiger charge is 2.22. The predicted octanol–water partition coefficient (Wildman–Crippen LogP) is -0.236. The van der Waals surface area contributed by atoms with Crippen LogP contribution < -0.4 is 10.6 Å². The van der Waals surface area contributed by atoms with Gasteiger partial charge in [0.25, 0.3) is 5.91 Å². The molecule has 3 N–H and O–H groups in total. The molecule has 17 heavy (non-hydrogen) atoms. The molecule has 2 rings (SSSR count). The third kappa shape index (κ3) is 2.46. The molecule has 1 aliphatic rings. The van der Waals surface area contributed by atoms with Crippen molar-refractivity contribution >= 4 is 11.8 Å². The van der Waals surface area contributed by atoms with Gasteiger partial charge in [-0.15, -0.1) is 0 Å². The standard InChI is InChI=1S/C11H16N4O2/c1-2-12-9(16)6-13-11(17)10-7-4-3-5-8(7)14-15-10/h2-6H2,1H3,(H,12,16)(H,13,17)(H,14,15). The number of aromatic nitrogens is 2. The van der Waals surface area contributed by atoms with Crippen molar-refractivity contribution in [3.63, 3.8) is 0 Å². The van der Waals surface area contributed by atoms with Gasteiger partial charge in [0, 0.05) is 17.8 Å². The fourth-order valence-electron chi connectivity index (χ4n) is 2.01. The van der Waals surface area contributed by atoms with Gasteiger partial charge in [-0.1, -0.05) is 0 Å². The summed E-state index contributed by atoms with van der Waals surface area (Å²) in [6.45, 7) is 2.39. The van der Waals surface area contributed by atoms with E-state index in [1.807, 2.05) is 6.92 Å². The molecule has 6 nitrogen and oxygen atoms in total. The van der Waals surface area contributed by atoms with Crippen LogP contribution in [0.4, 0.5) is 0 Å². The lowest BCUT2D eigenvalue weighted by molar-refractivity contribution is -0.120. The van der Waals surface area contributed by atoms with Crippen LogP contribution in [0.3, 0.4) is 0 Å². The second kappa shape index (κ2) is 4.99. The summed E-state index contributed by atoms with van der Waals surface area (Å²) in [5.41, 5.74) is 2.48. The molecule has 0 fully saturated rings. The number of hydrogen-bond donors (Lipinski definition) is 3. The van der Waals surface area contributed by atoms with Crippen molar-refractivity contribution in [1.29, 1.82) is 0 Å². The highest BCUT2D eigenvalue weighted by molar-refractivity contribution is 5.96. The van der Waals surface area contributed by atoms with E-state index < -0.39 is 0 Å². The normalized spacial score (nSPS) is 13.2. The summed E-state index contributed by atoms with van der Waals surface area (Å²) in [6.07, 6.45) is 2.89. The number of nitrogens with zero attached hydrogens (tertiary/aromatic N) is 1. The van der Waals surface area contributed by atoms with Crippen molar-refractivity contribution in [2.75, 3.05) is 13.1 Å². The average molecular weight is 236 g/mol. The minimum Gasteiger partial charge on any atom is -0.355 e. The predicted molar refractivity (Wildman–Crippen MR) is 61.6 cm³/mol. The molecule has 1 aromatic rings. The number of carbonyl (C=O) groups excluding carboxylic acids is 2. The molecule has 0 saturated heterocycles. The smallest absolute Gasteiger partial charge is 0.272 e. The number of aromatic amines is 1. The summed E-state index contributed by atoms with van der Waals surface area (Å²) >= 11 is 0. The van der Waals surface area contributed by atoms with Crippen molar-refractivity contribution in [2.45, 2.75) is 26.2 Å². The van der Waals surface area contributed by atoms with Gasteiger partial charge in [-0.2, -0.15) is 5.10 Å². The van der Waals surface area contributed by atoms with Crippen LogP contribution in [-0.2, 0) is 17.6 Å². The fraction of sp³-hybridized carbons (Fsp3) is 0.545. The van der Waals surface area contributed by atoms with Crippen LogP contribution in [-0.4, -0.2) is 35.1 Å². The van der Waals surface area contributed by atoms with Crippen LogP contribution >= 0.6 is 0 Å². The molecular weight excluding hydrogens is 220 g/mol. The maximum absolute atomic E-state index is 11.8. The molecule has 0 aromatic carbocycles. The third-order valence-corrected chi connectivity index (χ3v) is 2.80. The van der Waals surface area contributed by atoms with Crippen molar-refractivity contribution in [1.82, 2.24) is 20.8 Å². The SMILES string of the molecule is CCNC(=O)CNC(=O)c1n[nH]c2c1CCC2. The molecule has 1 heterocycles. The number of nitrogens with one attached hydrogen (secondary N) is 3. The lowest BCUT2D eigenvalue weighted by Gasteiger charge is -2.04. The Hall–Kier alpha value is -1.85. The summed E-state index contributed by atoms with van der Waals surface area (Å²) in [6, 6.07) is 0. The topological polar surface area (TPSA) is 86.9 Å². The molecule has 0 spiro atoms. The molecule has 0 saturated carbocycles. The summed E-state index contributed by atoms with van der Waals surface area (Å²) in [5.74, 6) is -0.469. The number of fused-ring (bicyclic) bond motifs is 1. The maximum atomic E-state index is 11.8. The number of hydrogen-bond acceptors (Lipinski definition) is 3. The first-order valence-corrected chi connectivity index (χ1v) is 5.83. The van der Waals surface area contributed by atoms with E-state index in [4.69, 9.17) is 0 Å². The zero-order chi connectivity index (χ0) is 12.3. The van der Waals surface area contributed by atoms with E-state index in [-0.39, 0.29) is 18.4 Å². The largest absolute Gasteiger partial charge is 0.355 e. The molecule has 0 radical (unpaired) electrons. The molecular formula is C11H16N4O2. The van der Waals surface area contributed by atoms with Crippen LogP contribution in [0.1, 0.15) is 35.1 Å². The van der Waals surface area contributed by atoms with Crippen molar-refractivity contribution < 1.29 is 9.59 Å². The zero-order valence-corrected chi connectivity index (χ0v) is 9.80. The van der Waals surface area contributed by atoms with Crippen molar-refractivity contribution in [3.05, 3.63) is 17.0 Å². The number of amides is 2. The number of likely N-dealkylation sites (N-methyl/N-ethyl adjacent to an activating group) is 1. The summed E-state index contributed by atoms with van der Waals surface area (Å²) in [4.78, 5) is 23.0.